The third-order valence-corrected chi connectivity index (χ3v) is 3.79. The van der Waals surface area contributed by atoms with Crippen LogP contribution in [0.3, 0.4) is 0 Å². The Morgan fingerprint density at radius 3 is 2.53 bits per heavy atom. The van der Waals surface area contributed by atoms with Crippen LogP contribution in [0.15, 0.2) is 18.2 Å². The number of benzene rings is 1. The number of hydrogen-bond donors (Lipinski definition) is 1. The molecule has 0 fully saturated rings. The zero-order valence-corrected chi connectivity index (χ0v) is 11.7. The van der Waals surface area contributed by atoms with Crippen molar-refractivity contribution in [2.75, 3.05) is 0 Å². The highest BCUT2D eigenvalue weighted by Crippen LogP contribution is 2.32. The maximum atomic E-state index is 13.4. The zero-order valence-electron chi connectivity index (χ0n) is 10.9. The maximum absolute atomic E-state index is 13.4. The van der Waals surface area contributed by atoms with E-state index in [0.717, 1.165) is 16.9 Å². The number of rotatable bonds is 3. The van der Waals surface area contributed by atoms with Gasteiger partial charge in [0.15, 0.2) is 0 Å². The first-order valence-corrected chi connectivity index (χ1v) is 6.71. The molecule has 1 aromatic heterocycles. The van der Waals surface area contributed by atoms with Crippen LogP contribution in [0.1, 0.15) is 40.7 Å². The summed E-state index contributed by atoms with van der Waals surface area (Å²) in [6, 6.07) is 4.61. The van der Waals surface area contributed by atoms with Gasteiger partial charge in [-0.2, -0.15) is 0 Å². The normalized spacial score (nSPS) is 11.0. The smallest absolute Gasteiger partial charge is 0.347 e. The minimum absolute atomic E-state index is 0.0192. The summed E-state index contributed by atoms with van der Waals surface area (Å²) in [6.07, 6.45) is 0. The van der Waals surface area contributed by atoms with Crippen LogP contribution in [0.2, 0.25) is 0 Å². The highest BCUT2D eigenvalue weighted by Gasteiger charge is 2.20. The van der Waals surface area contributed by atoms with Gasteiger partial charge in [0.1, 0.15) is 15.7 Å². The van der Waals surface area contributed by atoms with Gasteiger partial charge in [-0.25, -0.2) is 14.2 Å². The Balaban J connectivity index is 2.57. The summed E-state index contributed by atoms with van der Waals surface area (Å²) < 4.78 is 13.4. The summed E-state index contributed by atoms with van der Waals surface area (Å²) in [5, 5.41) is 9.73. The topological polar surface area (TPSA) is 50.2 Å². The summed E-state index contributed by atoms with van der Waals surface area (Å²) >= 11 is 1.09. The van der Waals surface area contributed by atoms with Crippen molar-refractivity contribution >= 4 is 17.3 Å². The van der Waals surface area contributed by atoms with Gasteiger partial charge in [-0.15, -0.1) is 11.3 Å². The second-order valence-corrected chi connectivity index (χ2v) is 5.71. The van der Waals surface area contributed by atoms with E-state index >= 15 is 0 Å². The van der Waals surface area contributed by atoms with Crippen molar-refractivity contribution in [2.24, 2.45) is 0 Å². The Hall–Kier alpha value is -1.75. The van der Waals surface area contributed by atoms with Gasteiger partial charge >= 0.3 is 5.97 Å². The summed E-state index contributed by atoms with van der Waals surface area (Å²) in [7, 11) is 0. The summed E-state index contributed by atoms with van der Waals surface area (Å²) in [6.45, 7) is 5.58. The van der Waals surface area contributed by atoms with Crippen LogP contribution in [-0.4, -0.2) is 16.1 Å². The van der Waals surface area contributed by atoms with Gasteiger partial charge in [0, 0.05) is 5.56 Å². The second kappa shape index (κ2) is 5.09. The molecule has 0 aliphatic rings. The van der Waals surface area contributed by atoms with E-state index in [1.165, 1.54) is 12.1 Å². The van der Waals surface area contributed by atoms with Gasteiger partial charge in [0.25, 0.3) is 0 Å². The summed E-state index contributed by atoms with van der Waals surface area (Å²) in [4.78, 5) is 15.8. The van der Waals surface area contributed by atoms with E-state index in [9.17, 15) is 14.3 Å². The van der Waals surface area contributed by atoms with Crippen molar-refractivity contribution in [1.82, 2.24) is 4.98 Å². The third kappa shape index (κ3) is 2.81. The molecular formula is C14H14FNO2S. The lowest BCUT2D eigenvalue weighted by Gasteiger charge is -2.01. The Kier molecular flexibility index (Phi) is 3.66. The number of carboxylic acids is 1. The van der Waals surface area contributed by atoms with Gasteiger partial charge in [-0.1, -0.05) is 13.8 Å². The number of aromatic nitrogens is 1. The van der Waals surface area contributed by atoms with Crippen LogP contribution >= 0.6 is 11.3 Å². The molecule has 100 valence electrons. The average molecular weight is 279 g/mol. The van der Waals surface area contributed by atoms with Crippen LogP contribution in [-0.2, 0) is 0 Å². The minimum atomic E-state index is -0.986. The van der Waals surface area contributed by atoms with Gasteiger partial charge in [-0.3, -0.25) is 0 Å². The van der Waals surface area contributed by atoms with Crippen molar-refractivity contribution in [1.29, 1.82) is 0 Å². The van der Waals surface area contributed by atoms with Crippen molar-refractivity contribution < 1.29 is 14.3 Å². The monoisotopic (exact) mass is 279 g/mol. The molecule has 0 bridgehead atoms. The lowest BCUT2D eigenvalue weighted by molar-refractivity contribution is 0.0700. The minimum Gasteiger partial charge on any atom is -0.477 e. The Morgan fingerprint density at radius 2 is 2.05 bits per heavy atom. The number of hydrogen-bond acceptors (Lipinski definition) is 3. The van der Waals surface area contributed by atoms with Crippen molar-refractivity contribution in [3.8, 4) is 10.6 Å². The number of carbonyl (C=O) groups is 1. The van der Waals surface area contributed by atoms with Gasteiger partial charge < -0.3 is 5.11 Å². The Bertz CT molecular complexity index is 614. The zero-order chi connectivity index (χ0) is 14.2. The lowest BCUT2D eigenvalue weighted by Crippen LogP contribution is -2.00. The standard InChI is InChI=1S/C14H14FNO2S/c1-7(2)11-12(14(17)18)19-13(16-11)9-4-8(3)5-10(15)6-9/h4-7H,1-3H3,(H,17,18). The van der Waals surface area contributed by atoms with Crippen LogP contribution in [0.5, 0.6) is 0 Å². The van der Waals surface area contributed by atoms with Crippen LogP contribution in [0, 0.1) is 12.7 Å². The Morgan fingerprint density at radius 1 is 1.37 bits per heavy atom. The average Bonchev–Trinajstić information content (AvgIpc) is 2.72. The van der Waals surface area contributed by atoms with Crippen molar-refractivity contribution in [2.45, 2.75) is 26.7 Å². The van der Waals surface area contributed by atoms with E-state index in [4.69, 9.17) is 0 Å². The molecule has 0 saturated carbocycles. The predicted molar refractivity (Wildman–Crippen MR) is 73.3 cm³/mol. The molecule has 2 rings (SSSR count). The number of thiazole rings is 1. The van der Waals surface area contributed by atoms with Crippen molar-refractivity contribution in [3.05, 3.63) is 40.2 Å². The van der Waals surface area contributed by atoms with Crippen molar-refractivity contribution in [3.63, 3.8) is 0 Å². The van der Waals surface area contributed by atoms with Gasteiger partial charge in [0.2, 0.25) is 0 Å². The van der Waals surface area contributed by atoms with Gasteiger partial charge in [0.05, 0.1) is 5.69 Å². The molecule has 0 radical (unpaired) electrons. The quantitative estimate of drug-likeness (QED) is 0.921. The fourth-order valence-electron chi connectivity index (χ4n) is 1.86. The SMILES string of the molecule is Cc1cc(F)cc(-c2nc(C(C)C)c(C(=O)O)s2)c1. The summed E-state index contributed by atoms with van der Waals surface area (Å²) in [5.41, 5.74) is 1.96. The molecule has 0 spiro atoms. The summed E-state index contributed by atoms with van der Waals surface area (Å²) in [5.74, 6) is -1.31. The van der Waals surface area contributed by atoms with E-state index in [0.29, 0.717) is 16.3 Å². The molecule has 0 aliphatic heterocycles. The number of carboxylic acid groups (broad SMARTS) is 1. The molecule has 0 unspecified atom stereocenters. The van der Waals surface area contributed by atoms with E-state index in [2.05, 4.69) is 4.98 Å². The number of aromatic carboxylic acids is 1. The molecule has 1 heterocycles. The molecule has 2 aromatic rings. The molecular weight excluding hydrogens is 265 g/mol. The Labute approximate surface area is 114 Å². The fraction of sp³-hybridized carbons (Fsp3) is 0.286. The second-order valence-electron chi connectivity index (χ2n) is 4.71. The lowest BCUT2D eigenvalue weighted by atomic mass is 10.1. The highest BCUT2D eigenvalue weighted by atomic mass is 32.1. The fourth-order valence-corrected chi connectivity index (χ4v) is 2.91. The number of aryl methyl sites for hydroxylation is 1. The largest absolute Gasteiger partial charge is 0.477 e. The molecule has 3 nitrogen and oxygen atoms in total. The van der Waals surface area contributed by atoms with E-state index in [1.807, 2.05) is 13.8 Å². The van der Waals surface area contributed by atoms with Gasteiger partial charge in [-0.05, 0) is 36.6 Å². The highest BCUT2D eigenvalue weighted by molar-refractivity contribution is 7.17. The van der Waals surface area contributed by atoms with Crippen LogP contribution in [0.4, 0.5) is 4.39 Å². The molecule has 0 amide bonds. The number of nitrogens with zero attached hydrogens (tertiary/aromatic N) is 1. The molecule has 1 aromatic carbocycles. The first kappa shape index (κ1) is 13.7. The third-order valence-electron chi connectivity index (χ3n) is 2.68. The molecule has 1 N–H and O–H groups in total. The molecule has 0 aliphatic carbocycles. The first-order chi connectivity index (χ1) is 8.88. The van der Waals surface area contributed by atoms with E-state index < -0.39 is 5.97 Å². The molecule has 0 saturated heterocycles. The maximum Gasteiger partial charge on any atom is 0.347 e. The predicted octanol–water partition coefficient (Wildman–Crippen LogP) is 4.08. The first-order valence-electron chi connectivity index (χ1n) is 5.90. The molecule has 19 heavy (non-hydrogen) atoms. The number of halogens is 1. The van der Waals surface area contributed by atoms with Crippen LogP contribution in [0.25, 0.3) is 10.6 Å². The molecule has 0 atom stereocenters. The van der Waals surface area contributed by atoms with E-state index in [1.54, 1.807) is 13.0 Å². The molecule has 5 heteroatoms. The van der Waals surface area contributed by atoms with Crippen LogP contribution < -0.4 is 0 Å². The van der Waals surface area contributed by atoms with E-state index in [-0.39, 0.29) is 16.6 Å².